The Kier molecular flexibility index (Phi) is 4.19. The van der Waals surface area contributed by atoms with Crippen LogP contribution in [0.5, 0.6) is 5.75 Å². The van der Waals surface area contributed by atoms with Crippen LogP contribution < -0.4 is 4.74 Å². The first-order chi connectivity index (χ1) is 9.52. The molecule has 1 atom stereocenters. The minimum absolute atomic E-state index is 0.0681. The van der Waals surface area contributed by atoms with Crippen molar-refractivity contribution in [3.63, 3.8) is 0 Å². The van der Waals surface area contributed by atoms with E-state index >= 15 is 0 Å². The van der Waals surface area contributed by atoms with Gasteiger partial charge in [-0.05, 0) is 18.2 Å². The molecule has 2 rings (SSSR count). The third kappa shape index (κ3) is 2.88. The summed E-state index contributed by atoms with van der Waals surface area (Å²) < 4.78 is 23.3. The molecule has 1 aromatic carbocycles. The van der Waals surface area contributed by atoms with Crippen molar-refractivity contribution >= 4 is 11.9 Å². The number of aliphatic carboxylic acids is 1. The molecule has 1 heterocycles. The summed E-state index contributed by atoms with van der Waals surface area (Å²) in [6.07, 6.45) is -1.06. The first kappa shape index (κ1) is 14.3. The summed E-state index contributed by atoms with van der Waals surface area (Å²) >= 11 is 0. The monoisotopic (exact) mass is 283 g/mol. The predicted molar refractivity (Wildman–Crippen MR) is 66.2 cm³/mol. The zero-order valence-electron chi connectivity index (χ0n) is 10.8. The Bertz CT molecular complexity index is 533. The molecule has 6 nitrogen and oxygen atoms in total. The van der Waals surface area contributed by atoms with Crippen LogP contribution in [0.25, 0.3) is 0 Å². The van der Waals surface area contributed by atoms with Crippen LogP contribution in [0.3, 0.4) is 0 Å². The number of ether oxygens (including phenoxy) is 2. The molecule has 108 valence electrons. The number of halogens is 1. The van der Waals surface area contributed by atoms with Gasteiger partial charge in [-0.2, -0.15) is 0 Å². The zero-order valence-corrected chi connectivity index (χ0v) is 10.8. The lowest BCUT2D eigenvalue weighted by atomic mass is 10.1. The molecule has 1 aliphatic rings. The molecule has 0 aliphatic carbocycles. The van der Waals surface area contributed by atoms with Crippen LogP contribution in [0.2, 0.25) is 0 Å². The maximum absolute atomic E-state index is 13.3. The van der Waals surface area contributed by atoms with Gasteiger partial charge < -0.3 is 19.5 Å². The van der Waals surface area contributed by atoms with Gasteiger partial charge >= 0.3 is 5.97 Å². The van der Waals surface area contributed by atoms with Crippen LogP contribution in [0, 0.1) is 5.82 Å². The summed E-state index contributed by atoms with van der Waals surface area (Å²) in [5.74, 6) is -1.92. The summed E-state index contributed by atoms with van der Waals surface area (Å²) in [6, 6.07) is 3.62. The lowest BCUT2D eigenvalue weighted by Crippen LogP contribution is -2.48. The van der Waals surface area contributed by atoms with Crippen LogP contribution >= 0.6 is 0 Å². The molecule has 20 heavy (non-hydrogen) atoms. The fourth-order valence-corrected chi connectivity index (χ4v) is 2.00. The van der Waals surface area contributed by atoms with Crippen LogP contribution in [0.15, 0.2) is 18.2 Å². The average molecular weight is 283 g/mol. The average Bonchev–Trinajstić information content (AvgIpc) is 2.46. The molecule has 1 aliphatic heterocycles. The Hall–Kier alpha value is -2.15. The molecule has 0 spiro atoms. The van der Waals surface area contributed by atoms with Gasteiger partial charge in [-0.25, -0.2) is 9.18 Å². The van der Waals surface area contributed by atoms with Crippen molar-refractivity contribution in [3.05, 3.63) is 29.6 Å². The van der Waals surface area contributed by atoms with Gasteiger partial charge in [-0.1, -0.05) is 0 Å². The first-order valence-corrected chi connectivity index (χ1v) is 6.00. The van der Waals surface area contributed by atoms with Crippen molar-refractivity contribution < 1.29 is 28.6 Å². The van der Waals surface area contributed by atoms with Gasteiger partial charge in [0.2, 0.25) is 0 Å². The summed E-state index contributed by atoms with van der Waals surface area (Å²) in [5, 5.41) is 8.91. The SMILES string of the molecule is COc1ccc(F)cc1C(=O)N1CCOC(C(=O)O)C1. The Labute approximate surface area is 114 Å². The molecule has 0 saturated carbocycles. The quantitative estimate of drug-likeness (QED) is 0.886. The number of carboxylic acid groups (broad SMARTS) is 1. The number of hydrogen-bond donors (Lipinski definition) is 1. The summed E-state index contributed by atoms with van der Waals surface area (Å²) in [4.78, 5) is 24.5. The highest BCUT2D eigenvalue weighted by atomic mass is 19.1. The lowest BCUT2D eigenvalue weighted by Gasteiger charge is -2.31. The largest absolute Gasteiger partial charge is 0.496 e. The zero-order chi connectivity index (χ0) is 14.7. The Morgan fingerprint density at radius 1 is 1.50 bits per heavy atom. The molecule has 1 saturated heterocycles. The molecule has 7 heteroatoms. The van der Waals surface area contributed by atoms with Gasteiger partial charge in [0.05, 0.1) is 25.8 Å². The van der Waals surface area contributed by atoms with Crippen molar-refractivity contribution in [1.82, 2.24) is 4.90 Å². The molecule has 1 amide bonds. The van der Waals surface area contributed by atoms with Crippen molar-refractivity contribution in [2.24, 2.45) is 0 Å². The minimum atomic E-state index is -1.13. The van der Waals surface area contributed by atoms with E-state index in [0.717, 1.165) is 6.07 Å². The van der Waals surface area contributed by atoms with Crippen molar-refractivity contribution in [1.29, 1.82) is 0 Å². The lowest BCUT2D eigenvalue weighted by molar-refractivity contribution is -0.154. The molecule has 0 aromatic heterocycles. The van der Waals surface area contributed by atoms with E-state index in [0.29, 0.717) is 0 Å². The first-order valence-electron chi connectivity index (χ1n) is 6.00. The van der Waals surface area contributed by atoms with Crippen molar-refractivity contribution in [2.45, 2.75) is 6.10 Å². The fourth-order valence-electron chi connectivity index (χ4n) is 2.00. The highest BCUT2D eigenvalue weighted by Crippen LogP contribution is 2.22. The molecule has 0 radical (unpaired) electrons. The normalized spacial score (nSPS) is 18.7. The number of benzene rings is 1. The Morgan fingerprint density at radius 3 is 2.90 bits per heavy atom. The number of carbonyl (C=O) groups excluding carboxylic acids is 1. The fraction of sp³-hybridized carbons (Fsp3) is 0.385. The predicted octanol–water partition coefficient (Wildman–Crippen LogP) is 0.760. The number of nitrogens with zero attached hydrogens (tertiary/aromatic N) is 1. The second-order valence-corrected chi connectivity index (χ2v) is 4.29. The molecule has 1 N–H and O–H groups in total. The van der Waals surface area contributed by atoms with E-state index in [-0.39, 0.29) is 31.0 Å². The van der Waals surface area contributed by atoms with E-state index in [4.69, 9.17) is 14.6 Å². The number of carboxylic acids is 1. The van der Waals surface area contributed by atoms with Gasteiger partial charge in [0.25, 0.3) is 5.91 Å². The maximum atomic E-state index is 13.3. The highest BCUT2D eigenvalue weighted by Gasteiger charge is 2.30. The topological polar surface area (TPSA) is 76.1 Å². The second-order valence-electron chi connectivity index (χ2n) is 4.29. The standard InChI is InChI=1S/C13H14FNO5/c1-19-10-3-2-8(14)6-9(10)12(16)15-4-5-20-11(7-15)13(17)18/h2-3,6,11H,4-5,7H2,1H3,(H,17,18). The van der Waals surface area contributed by atoms with Gasteiger partial charge in [0, 0.05) is 6.54 Å². The molecule has 1 aromatic rings. The molecular formula is C13H14FNO5. The number of rotatable bonds is 3. The van der Waals surface area contributed by atoms with E-state index in [1.54, 1.807) is 0 Å². The maximum Gasteiger partial charge on any atom is 0.334 e. The van der Waals surface area contributed by atoms with Crippen molar-refractivity contribution in [2.75, 3.05) is 26.8 Å². The van der Waals surface area contributed by atoms with Crippen LogP contribution in [0.1, 0.15) is 10.4 Å². The summed E-state index contributed by atoms with van der Waals surface area (Å²) in [7, 11) is 1.38. The van der Waals surface area contributed by atoms with E-state index in [1.807, 2.05) is 0 Å². The Balaban J connectivity index is 2.22. The van der Waals surface area contributed by atoms with E-state index < -0.39 is 23.8 Å². The van der Waals surface area contributed by atoms with Crippen LogP contribution in [0.4, 0.5) is 4.39 Å². The Morgan fingerprint density at radius 2 is 2.25 bits per heavy atom. The number of methoxy groups -OCH3 is 1. The van der Waals surface area contributed by atoms with Gasteiger partial charge in [0.1, 0.15) is 11.6 Å². The molecule has 1 unspecified atom stereocenters. The molecule has 0 bridgehead atoms. The van der Waals surface area contributed by atoms with Crippen LogP contribution in [-0.4, -0.2) is 54.8 Å². The molecular weight excluding hydrogens is 269 g/mol. The number of hydrogen-bond acceptors (Lipinski definition) is 4. The van der Waals surface area contributed by atoms with Gasteiger partial charge in [0.15, 0.2) is 6.10 Å². The van der Waals surface area contributed by atoms with Crippen molar-refractivity contribution in [3.8, 4) is 5.75 Å². The summed E-state index contributed by atoms with van der Waals surface area (Å²) in [6.45, 7) is 0.302. The van der Waals surface area contributed by atoms with Gasteiger partial charge in [-0.3, -0.25) is 4.79 Å². The minimum Gasteiger partial charge on any atom is -0.496 e. The third-order valence-electron chi connectivity index (χ3n) is 3.02. The number of amides is 1. The van der Waals surface area contributed by atoms with E-state index in [2.05, 4.69) is 0 Å². The van der Waals surface area contributed by atoms with E-state index in [1.165, 1.54) is 24.1 Å². The number of carbonyl (C=O) groups is 2. The second kappa shape index (κ2) is 5.87. The summed E-state index contributed by atoms with van der Waals surface area (Å²) in [5.41, 5.74) is 0.0681. The van der Waals surface area contributed by atoms with E-state index in [9.17, 15) is 14.0 Å². The number of morpholine rings is 1. The van der Waals surface area contributed by atoms with Crippen LogP contribution in [-0.2, 0) is 9.53 Å². The third-order valence-corrected chi connectivity index (χ3v) is 3.02. The molecule has 1 fully saturated rings. The highest BCUT2D eigenvalue weighted by molar-refractivity contribution is 5.97. The van der Waals surface area contributed by atoms with Gasteiger partial charge in [-0.15, -0.1) is 0 Å². The smallest absolute Gasteiger partial charge is 0.334 e.